The lowest BCUT2D eigenvalue weighted by atomic mass is 10.4. The minimum atomic E-state index is -0.501. The predicted octanol–water partition coefficient (Wildman–Crippen LogP) is 0.100. The molecule has 0 aliphatic rings. The molecule has 0 atom stereocenters. The second-order valence-electron chi connectivity index (χ2n) is 2.72. The molecule has 0 spiro atoms. The maximum atomic E-state index is 11.0. The van der Waals surface area contributed by atoms with Crippen LogP contribution in [0.15, 0.2) is 21.5 Å². The molecule has 0 saturated heterocycles. The van der Waals surface area contributed by atoms with Crippen LogP contribution in [0.5, 0.6) is 0 Å². The molecule has 0 aromatic carbocycles. The van der Waals surface area contributed by atoms with Crippen LogP contribution in [0.3, 0.4) is 0 Å². The van der Waals surface area contributed by atoms with Crippen LogP contribution in [-0.4, -0.2) is 26.1 Å². The molecule has 1 rings (SSSR count). The fourth-order valence-electron chi connectivity index (χ4n) is 0.940. The quantitative estimate of drug-likeness (QED) is 0.420. The molecular formula is C9H13N3O3. The first-order chi connectivity index (χ1) is 7.17. The topological polar surface area (TPSA) is 89.8 Å². The largest absolute Gasteiger partial charge is 0.463 e. The summed E-state index contributed by atoms with van der Waals surface area (Å²) < 4.78 is 9.68. The zero-order valence-electron chi connectivity index (χ0n) is 8.61. The molecule has 0 aliphatic heterocycles. The number of nitrogens with zero attached hydrogens (tertiary/aromatic N) is 1. The van der Waals surface area contributed by atoms with E-state index in [1.165, 1.54) is 7.11 Å². The van der Waals surface area contributed by atoms with Crippen molar-refractivity contribution in [1.29, 1.82) is 0 Å². The van der Waals surface area contributed by atoms with E-state index >= 15 is 0 Å². The Labute approximate surface area is 87.1 Å². The van der Waals surface area contributed by atoms with E-state index in [4.69, 9.17) is 10.2 Å². The minimum absolute atomic E-state index is 0.168. The average Bonchev–Trinajstić information content (AvgIpc) is 2.73. The van der Waals surface area contributed by atoms with Gasteiger partial charge in [-0.15, -0.1) is 0 Å². The van der Waals surface area contributed by atoms with E-state index in [-0.39, 0.29) is 5.76 Å². The lowest BCUT2D eigenvalue weighted by molar-refractivity contribution is 0.0563. The van der Waals surface area contributed by atoms with Crippen LogP contribution in [-0.2, 0) is 11.3 Å². The Bertz CT molecular complexity index is 370. The van der Waals surface area contributed by atoms with Gasteiger partial charge in [0.15, 0.2) is 5.96 Å². The molecule has 6 heteroatoms. The Morgan fingerprint density at radius 2 is 2.40 bits per heavy atom. The van der Waals surface area contributed by atoms with Gasteiger partial charge in [0.2, 0.25) is 5.76 Å². The van der Waals surface area contributed by atoms with Crippen LogP contribution < -0.4 is 11.1 Å². The molecule has 1 aromatic heterocycles. The molecule has 15 heavy (non-hydrogen) atoms. The predicted molar refractivity (Wildman–Crippen MR) is 54.4 cm³/mol. The number of esters is 1. The summed E-state index contributed by atoms with van der Waals surface area (Å²) in [6, 6.07) is 3.21. The number of carbonyl (C=O) groups is 1. The Hall–Kier alpha value is -1.98. The average molecular weight is 211 g/mol. The lowest BCUT2D eigenvalue weighted by Crippen LogP contribution is -2.30. The van der Waals surface area contributed by atoms with Gasteiger partial charge in [0.1, 0.15) is 5.76 Å². The van der Waals surface area contributed by atoms with Gasteiger partial charge in [-0.25, -0.2) is 4.79 Å². The number of hydrogen-bond donors (Lipinski definition) is 2. The third-order valence-corrected chi connectivity index (χ3v) is 1.73. The smallest absolute Gasteiger partial charge is 0.373 e. The standard InChI is InChI=1S/C9H13N3O3/c1-11-9(10)12-5-6-3-4-7(15-6)8(13)14-2/h3-4H,5H2,1-2H3,(H3,10,11,12). The van der Waals surface area contributed by atoms with Gasteiger partial charge in [-0.05, 0) is 12.1 Å². The van der Waals surface area contributed by atoms with E-state index in [9.17, 15) is 4.79 Å². The molecule has 6 nitrogen and oxygen atoms in total. The third-order valence-electron chi connectivity index (χ3n) is 1.73. The van der Waals surface area contributed by atoms with Gasteiger partial charge in [-0.3, -0.25) is 4.99 Å². The summed E-state index contributed by atoms with van der Waals surface area (Å²) in [4.78, 5) is 14.7. The van der Waals surface area contributed by atoms with E-state index < -0.39 is 5.97 Å². The summed E-state index contributed by atoms with van der Waals surface area (Å²) in [6.45, 7) is 0.375. The summed E-state index contributed by atoms with van der Waals surface area (Å²) in [7, 11) is 2.87. The molecule has 0 bridgehead atoms. The SMILES string of the molecule is CN=C(N)NCc1ccc(C(=O)OC)o1. The van der Waals surface area contributed by atoms with E-state index in [0.717, 1.165) is 0 Å². The Balaban J connectivity index is 2.57. The number of carbonyl (C=O) groups excluding carboxylic acids is 1. The van der Waals surface area contributed by atoms with Crippen molar-refractivity contribution in [2.24, 2.45) is 10.7 Å². The van der Waals surface area contributed by atoms with E-state index in [2.05, 4.69) is 15.0 Å². The molecule has 0 saturated carbocycles. The van der Waals surface area contributed by atoms with E-state index in [1.54, 1.807) is 19.2 Å². The number of hydrogen-bond acceptors (Lipinski definition) is 4. The Kier molecular flexibility index (Phi) is 3.73. The van der Waals surface area contributed by atoms with Crippen molar-refractivity contribution < 1.29 is 13.9 Å². The maximum absolute atomic E-state index is 11.0. The number of methoxy groups -OCH3 is 1. The lowest BCUT2D eigenvalue weighted by Gasteiger charge is -2.01. The normalized spacial score (nSPS) is 11.2. The number of ether oxygens (including phenoxy) is 1. The molecule has 0 aliphatic carbocycles. The van der Waals surface area contributed by atoms with Crippen LogP contribution in [0.25, 0.3) is 0 Å². The number of aliphatic imine (C=N–C) groups is 1. The second-order valence-corrected chi connectivity index (χ2v) is 2.72. The first-order valence-corrected chi connectivity index (χ1v) is 4.30. The van der Waals surface area contributed by atoms with Crippen molar-refractivity contribution in [2.75, 3.05) is 14.2 Å². The zero-order chi connectivity index (χ0) is 11.3. The number of furan rings is 1. The van der Waals surface area contributed by atoms with Gasteiger partial charge in [0.05, 0.1) is 13.7 Å². The molecule has 0 radical (unpaired) electrons. The van der Waals surface area contributed by atoms with Crippen LogP contribution in [0.4, 0.5) is 0 Å². The van der Waals surface area contributed by atoms with Crippen molar-refractivity contribution >= 4 is 11.9 Å². The fourth-order valence-corrected chi connectivity index (χ4v) is 0.940. The van der Waals surface area contributed by atoms with Crippen molar-refractivity contribution in [1.82, 2.24) is 5.32 Å². The first-order valence-electron chi connectivity index (χ1n) is 4.30. The summed E-state index contributed by atoms with van der Waals surface area (Å²) in [5.41, 5.74) is 5.42. The highest BCUT2D eigenvalue weighted by atomic mass is 16.5. The highest BCUT2D eigenvalue weighted by molar-refractivity contribution is 5.86. The number of rotatable bonds is 3. The molecule has 0 unspecified atom stereocenters. The number of guanidine groups is 1. The summed E-state index contributed by atoms with van der Waals surface area (Å²) in [5, 5.41) is 2.80. The highest BCUT2D eigenvalue weighted by Gasteiger charge is 2.10. The highest BCUT2D eigenvalue weighted by Crippen LogP contribution is 2.08. The van der Waals surface area contributed by atoms with E-state index in [1.807, 2.05) is 0 Å². The van der Waals surface area contributed by atoms with Crippen LogP contribution in [0.2, 0.25) is 0 Å². The van der Waals surface area contributed by atoms with Gasteiger partial charge in [0.25, 0.3) is 0 Å². The molecule has 3 N–H and O–H groups in total. The first kappa shape index (κ1) is 11.1. The monoisotopic (exact) mass is 211 g/mol. The van der Waals surface area contributed by atoms with Crippen molar-refractivity contribution in [3.63, 3.8) is 0 Å². The van der Waals surface area contributed by atoms with Crippen molar-refractivity contribution in [3.05, 3.63) is 23.7 Å². The van der Waals surface area contributed by atoms with Crippen LogP contribution in [0, 0.1) is 0 Å². The Morgan fingerprint density at radius 1 is 1.67 bits per heavy atom. The van der Waals surface area contributed by atoms with Crippen molar-refractivity contribution in [3.8, 4) is 0 Å². The molecule has 1 aromatic rings. The number of nitrogens with one attached hydrogen (secondary N) is 1. The minimum Gasteiger partial charge on any atom is -0.463 e. The molecular weight excluding hydrogens is 198 g/mol. The van der Waals surface area contributed by atoms with Gasteiger partial charge in [-0.2, -0.15) is 0 Å². The molecule has 1 heterocycles. The van der Waals surface area contributed by atoms with Crippen LogP contribution >= 0.6 is 0 Å². The zero-order valence-corrected chi connectivity index (χ0v) is 8.61. The van der Waals surface area contributed by atoms with E-state index in [0.29, 0.717) is 18.3 Å². The molecule has 0 fully saturated rings. The number of nitrogens with two attached hydrogens (primary N) is 1. The molecule has 0 amide bonds. The van der Waals surface area contributed by atoms with Gasteiger partial charge in [-0.1, -0.05) is 0 Å². The van der Waals surface area contributed by atoms with Gasteiger partial charge >= 0.3 is 5.97 Å². The summed E-state index contributed by atoms with van der Waals surface area (Å²) in [6.07, 6.45) is 0. The fraction of sp³-hybridized carbons (Fsp3) is 0.333. The van der Waals surface area contributed by atoms with Crippen LogP contribution in [0.1, 0.15) is 16.3 Å². The third kappa shape index (κ3) is 3.01. The second kappa shape index (κ2) is 5.04. The summed E-state index contributed by atoms with van der Waals surface area (Å²) >= 11 is 0. The maximum Gasteiger partial charge on any atom is 0.373 e. The summed E-state index contributed by atoms with van der Waals surface area (Å²) in [5.74, 6) is 0.563. The van der Waals surface area contributed by atoms with Gasteiger partial charge in [0, 0.05) is 7.05 Å². The molecule has 82 valence electrons. The van der Waals surface area contributed by atoms with Crippen molar-refractivity contribution in [2.45, 2.75) is 6.54 Å². The Morgan fingerprint density at radius 3 is 3.00 bits per heavy atom. The van der Waals surface area contributed by atoms with Gasteiger partial charge < -0.3 is 20.2 Å².